The van der Waals surface area contributed by atoms with E-state index in [0.29, 0.717) is 0 Å². The van der Waals surface area contributed by atoms with Crippen LogP contribution in [0, 0.1) is 0 Å². The summed E-state index contributed by atoms with van der Waals surface area (Å²) in [5.74, 6) is 0. The van der Waals surface area contributed by atoms with Gasteiger partial charge < -0.3 is 9.47 Å². The number of rotatable bonds is 10. The normalized spacial score (nSPS) is 12.0. The first-order valence-corrected chi connectivity index (χ1v) is 27.3. The summed E-state index contributed by atoms with van der Waals surface area (Å²) in [5, 5.41) is 2.53. The number of hydrogen-bond donors (Lipinski definition) is 0. The van der Waals surface area contributed by atoms with E-state index in [2.05, 4.69) is 297 Å². The second kappa shape index (κ2) is 22.4. The average molecular weight is 1010 g/mol. The number of para-hydroxylation sites is 2. The molecule has 1 heterocycles. The van der Waals surface area contributed by atoms with E-state index < -0.39 is 0 Å². The van der Waals surface area contributed by atoms with Crippen LogP contribution in [0.15, 0.2) is 292 Å². The zero-order valence-corrected chi connectivity index (χ0v) is 45.2. The molecule has 378 valence electrons. The molecule has 1 aromatic heterocycles. The van der Waals surface area contributed by atoms with Crippen molar-refractivity contribution in [3.8, 4) is 72.4 Å². The van der Waals surface area contributed by atoms with E-state index in [-0.39, 0.29) is 5.41 Å². The highest BCUT2D eigenvalue weighted by Crippen LogP contribution is 2.51. The SMILES string of the molecule is C=C/C=C\C.CC.CC1(C)c2ccccc2-c2ccc(N(c3ccc(-c4ccccc4)cc3)c3ccc(-c4ccc(-c5ccc(-c6ccc(-c7ccc8c(c7)c7ccccc7n8-c7ccccc7)cc6)cc5)cc4)cc3)cc21. The van der Waals surface area contributed by atoms with E-state index in [9.17, 15) is 0 Å². The minimum absolute atomic E-state index is 0.0959. The molecule has 0 saturated carbocycles. The van der Waals surface area contributed by atoms with Crippen LogP contribution in [0.4, 0.5) is 17.1 Å². The number of allylic oxidation sites excluding steroid dienone is 3. The molecule has 0 N–H and O–H groups in total. The lowest BCUT2D eigenvalue weighted by molar-refractivity contribution is 0.660. The van der Waals surface area contributed by atoms with Crippen LogP contribution in [-0.4, -0.2) is 4.57 Å². The third-order valence-corrected chi connectivity index (χ3v) is 15.2. The molecule has 12 aromatic rings. The smallest absolute Gasteiger partial charge is 0.0541 e. The van der Waals surface area contributed by atoms with Gasteiger partial charge in [-0.25, -0.2) is 0 Å². The van der Waals surface area contributed by atoms with Crippen LogP contribution in [0.2, 0.25) is 0 Å². The van der Waals surface area contributed by atoms with E-state index >= 15 is 0 Å². The topological polar surface area (TPSA) is 8.17 Å². The highest BCUT2D eigenvalue weighted by molar-refractivity contribution is 6.10. The van der Waals surface area contributed by atoms with Crippen molar-refractivity contribution in [2.45, 2.75) is 40.0 Å². The van der Waals surface area contributed by atoms with E-state index in [4.69, 9.17) is 0 Å². The van der Waals surface area contributed by atoms with Gasteiger partial charge in [0.2, 0.25) is 0 Å². The fourth-order valence-corrected chi connectivity index (χ4v) is 11.2. The van der Waals surface area contributed by atoms with Gasteiger partial charge >= 0.3 is 0 Å². The molecule has 2 nitrogen and oxygen atoms in total. The van der Waals surface area contributed by atoms with Crippen molar-refractivity contribution in [3.05, 3.63) is 303 Å². The van der Waals surface area contributed by atoms with Crippen molar-refractivity contribution < 1.29 is 0 Å². The summed E-state index contributed by atoms with van der Waals surface area (Å²) in [4.78, 5) is 2.39. The average Bonchev–Trinajstić information content (AvgIpc) is 4.15. The molecule has 0 bridgehead atoms. The molecule has 0 atom stereocenters. The van der Waals surface area contributed by atoms with Gasteiger partial charge in [0.15, 0.2) is 0 Å². The van der Waals surface area contributed by atoms with Gasteiger partial charge in [-0.15, -0.1) is 0 Å². The zero-order chi connectivity index (χ0) is 53.6. The number of aromatic nitrogens is 1. The first kappa shape index (κ1) is 50.6. The van der Waals surface area contributed by atoms with E-state index in [1.165, 1.54) is 105 Å². The van der Waals surface area contributed by atoms with Gasteiger partial charge in [-0.05, 0) is 152 Å². The van der Waals surface area contributed by atoms with Crippen LogP contribution >= 0.6 is 0 Å². The molecule has 0 amide bonds. The second-order valence-electron chi connectivity index (χ2n) is 20.1. The first-order valence-electron chi connectivity index (χ1n) is 27.3. The van der Waals surface area contributed by atoms with E-state index in [1.807, 2.05) is 32.9 Å². The highest BCUT2D eigenvalue weighted by atomic mass is 15.1. The molecule has 0 radical (unpaired) electrons. The van der Waals surface area contributed by atoms with Crippen LogP contribution in [0.5, 0.6) is 0 Å². The molecule has 0 unspecified atom stereocenters. The molecule has 0 saturated heterocycles. The third kappa shape index (κ3) is 9.81. The zero-order valence-electron chi connectivity index (χ0n) is 45.2. The van der Waals surface area contributed by atoms with Gasteiger partial charge in [-0.1, -0.05) is 253 Å². The van der Waals surface area contributed by atoms with Crippen molar-refractivity contribution in [1.82, 2.24) is 4.57 Å². The summed E-state index contributed by atoms with van der Waals surface area (Å²) >= 11 is 0. The Morgan fingerprint density at radius 1 is 0.359 bits per heavy atom. The van der Waals surface area contributed by atoms with Crippen molar-refractivity contribution >= 4 is 38.9 Å². The predicted octanol–water partition coefficient (Wildman–Crippen LogP) is 21.7. The van der Waals surface area contributed by atoms with Gasteiger partial charge in [0.05, 0.1) is 11.0 Å². The molecule has 0 aliphatic heterocycles. The van der Waals surface area contributed by atoms with Gasteiger partial charge in [0, 0.05) is 38.9 Å². The summed E-state index contributed by atoms with van der Waals surface area (Å²) in [5.41, 5.74) is 24.3. The predicted molar refractivity (Wildman–Crippen MR) is 337 cm³/mol. The standard InChI is InChI=1S/C69H50N2.C5H8.C2H6/c1-69(2)65-19-11-9-17-61(65)62-43-42-60(46-66(62)69)70(58-38-33-53(34-39-58)47-13-5-3-6-14-47)59-40-35-54(36-41-59)52-27-25-49(26-28-52)48-21-23-50(24-22-48)51-29-31-55(32-30-51)56-37-44-68-64(45-56)63-18-10-12-20-67(63)71(68)57-15-7-4-8-16-57;1-3-5-4-2;1-2/h3-46H,1-2H3;3-5H,1H2,2H3;1-2H3/b;5-4-;. The Bertz CT molecular complexity index is 4030. The Hall–Kier alpha value is -9.50. The molecule has 0 spiro atoms. The lowest BCUT2D eigenvalue weighted by Gasteiger charge is -2.28. The Labute approximate surface area is 461 Å². The molecular weight excluding hydrogens is 941 g/mol. The van der Waals surface area contributed by atoms with Crippen LogP contribution in [-0.2, 0) is 5.41 Å². The molecule has 11 aromatic carbocycles. The fraction of sp³-hybridized carbons (Fsp3) is 0.0789. The van der Waals surface area contributed by atoms with Crippen LogP contribution in [0.25, 0.3) is 94.3 Å². The number of benzene rings is 11. The minimum Gasteiger partial charge on any atom is -0.310 e. The Morgan fingerprint density at radius 3 is 1.27 bits per heavy atom. The lowest BCUT2D eigenvalue weighted by atomic mass is 9.82. The maximum atomic E-state index is 3.46. The summed E-state index contributed by atoms with van der Waals surface area (Å²) in [6, 6.07) is 97.6. The van der Waals surface area contributed by atoms with Gasteiger partial charge in [0.1, 0.15) is 0 Å². The Balaban J connectivity index is 0.000000875. The number of anilines is 3. The number of fused-ring (bicyclic) bond motifs is 6. The third-order valence-electron chi connectivity index (χ3n) is 15.2. The summed E-state index contributed by atoms with van der Waals surface area (Å²) in [6.07, 6.45) is 5.58. The van der Waals surface area contributed by atoms with E-state index in [1.54, 1.807) is 6.08 Å². The highest BCUT2D eigenvalue weighted by Gasteiger charge is 2.35. The maximum absolute atomic E-state index is 3.46. The minimum atomic E-state index is -0.0959. The molecule has 78 heavy (non-hydrogen) atoms. The molecular formula is C76H64N2. The molecule has 2 heteroatoms. The van der Waals surface area contributed by atoms with Crippen LogP contribution in [0.3, 0.4) is 0 Å². The van der Waals surface area contributed by atoms with Crippen LogP contribution in [0.1, 0.15) is 45.7 Å². The second-order valence-corrected chi connectivity index (χ2v) is 20.1. The summed E-state index contributed by atoms with van der Waals surface area (Å²) in [6.45, 7) is 14.1. The molecule has 13 rings (SSSR count). The molecule has 1 aliphatic carbocycles. The Kier molecular flexibility index (Phi) is 14.5. The largest absolute Gasteiger partial charge is 0.310 e. The van der Waals surface area contributed by atoms with E-state index in [0.717, 1.165) is 17.1 Å². The Morgan fingerprint density at radius 2 is 0.756 bits per heavy atom. The quantitative estimate of drug-likeness (QED) is 0.124. The fourth-order valence-electron chi connectivity index (χ4n) is 11.2. The monoisotopic (exact) mass is 1000 g/mol. The van der Waals surface area contributed by atoms with Crippen molar-refractivity contribution in [2.75, 3.05) is 4.90 Å². The number of nitrogens with zero attached hydrogens (tertiary/aromatic N) is 2. The van der Waals surface area contributed by atoms with Gasteiger partial charge in [-0.2, -0.15) is 0 Å². The first-order chi connectivity index (χ1) is 38.4. The van der Waals surface area contributed by atoms with Crippen molar-refractivity contribution in [3.63, 3.8) is 0 Å². The van der Waals surface area contributed by atoms with Crippen LogP contribution < -0.4 is 4.90 Å². The number of hydrogen-bond acceptors (Lipinski definition) is 1. The summed E-state index contributed by atoms with van der Waals surface area (Å²) < 4.78 is 2.37. The van der Waals surface area contributed by atoms with Gasteiger partial charge in [-0.3, -0.25) is 0 Å². The molecule has 0 fully saturated rings. The summed E-state index contributed by atoms with van der Waals surface area (Å²) in [7, 11) is 0. The van der Waals surface area contributed by atoms with Crippen molar-refractivity contribution in [1.29, 1.82) is 0 Å². The van der Waals surface area contributed by atoms with Gasteiger partial charge in [0.25, 0.3) is 0 Å². The van der Waals surface area contributed by atoms with Crippen molar-refractivity contribution in [2.24, 2.45) is 0 Å². The lowest BCUT2D eigenvalue weighted by Crippen LogP contribution is -2.16. The molecule has 1 aliphatic rings. The maximum Gasteiger partial charge on any atom is 0.0541 e.